The number of hydrogen-bond acceptors (Lipinski definition) is 3. The maximum atomic E-state index is 6.21. The maximum absolute atomic E-state index is 6.21. The van der Waals surface area contributed by atoms with E-state index in [0.717, 1.165) is 17.7 Å². The molecule has 1 aliphatic heterocycles. The molecule has 0 saturated carbocycles. The average Bonchev–Trinajstić information content (AvgIpc) is 2.76. The van der Waals surface area contributed by atoms with Crippen molar-refractivity contribution in [2.45, 2.75) is 25.5 Å². The Bertz CT molecular complexity index is 535. The van der Waals surface area contributed by atoms with E-state index in [-0.39, 0.29) is 12.1 Å². The minimum absolute atomic E-state index is 0.0763. The molecule has 0 amide bonds. The summed E-state index contributed by atoms with van der Waals surface area (Å²) in [5.41, 5.74) is 7.33. The third-order valence-electron chi connectivity index (χ3n) is 3.13. The zero-order valence-electron chi connectivity index (χ0n) is 9.72. The standard InChI is InChI=1S/C14H15NOS/c1-9-6-7-14(17-9)13-8-11(15)10-4-2-3-5-12(10)16-13/h2-7,11,13H,8,15H2,1H3. The van der Waals surface area contributed by atoms with Crippen LogP contribution in [0.2, 0.25) is 0 Å². The van der Waals surface area contributed by atoms with Gasteiger partial charge in [0.05, 0.1) is 0 Å². The maximum Gasteiger partial charge on any atom is 0.135 e. The molecule has 1 aromatic carbocycles. The molecule has 88 valence electrons. The average molecular weight is 245 g/mol. The number of thiophene rings is 1. The monoisotopic (exact) mass is 245 g/mol. The van der Waals surface area contributed by atoms with Crippen molar-refractivity contribution in [3.05, 3.63) is 51.7 Å². The van der Waals surface area contributed by atoms with Gasteiger partial charge < -0.3 is 10.5 Å². The fourth-order valence-corrected chi connectivity index (χ4v) is 3.17. The molecule has 0 radical (unpaired) electrons. The molecule has 0 saturated heterocycles. The summed E-state index contributed by atoms with van der Waals surface area (Å²) >= 11 is 1.79. The zero-order valence-corrected chi connectivity index (χ0v) is 10.5. The Balaban J connectivity index is 1.93. The van der Waals surface area contributed by atoms with Crippen LogP contribution in [-0.2, 0) is 0 Å². The summed E-state index contributed by atoms with van der Waals surface area (Å²) in [6, 6.07) is 12.4. The minimum atomic E-state index is 0.0763. The van der Waals surface area contributed by atoms with Gasteiger partial charge in [-0.25, -0.2) is 0 Å². The van der Waals surface area contributed by atoms with Crippen LogP contribution in [0.4, 0.5) is 0 Å². The van der Waals surface area contributed by atoms with Gasteiger partial charge in [-0.15, -0.1) is 11.3 Å². The Labute approximate surface area is 105 Å². The number of ether oxygens (including phenoxy) is 1. The fourth-order valence-electron chi connectivity index (χ4n) is 2.25. The lowest BCUT2D eigenvalue weighted by Gasteiger charge is -2.29. The van der Waals surface area contributed by atoms with Gasteiger partial charge in [0.15, 0.2) is 0 Å². The highest BCUT2D eigenvalue weighted by Gasteiger charge is 2.27. The largest absolute Gasteiger partial charge is 0.484 e. The lowest BCUT2D eigenvalue weighted by molar-refractivity contribution is 0.165. The van der Waals surface area contributed by atoms with Crippen LogP contribution in [0.5, 0.6) is 5.75 Å². The highest BCUT2D eigenvalue weighted by molar-refractivity contribution is 7.12. The molecule has 2 unspecified atom stereocenters. The molecule has 2 nitrogen and oxygen atoms in total. The van der Waals surface area contributed by atoms with Gasteiger partial charge in [-0.05, 0) is 25.1 Å². The van der Waals surface area contributed by atoms with Crippen LogP contribution in [-0.4, -0.2) is 0 Å². The summed E-state index contributed by atoms with van der Waals surface area (Å²) in [7, 11) is 0. The van der Waals surface area contributed by atoms with Crippen molar-refractivity contribution in [2.75, 3.05) is 0 Å². The highest BCUT2D eigenvalue weighted by Crippen LogP contribution is 2.41. The molecule has 17 heavy (non-hydrogen) atoms. The van der Waals surface area contributed by atoms with E-state index >= 15 is 0 Å². The summed E-state index contributed by atoms with van der Waals surface area (Å²) in [5, 5.41) is 0. The molecule has 2 N–H and O–H groups in total. The molecule has 0 spiro atoms. The van der Waals surface area contributed by atoms with Gasteiger partial charge in [-0.3, -0.25) is 0 Å². The Morgan fingerprint density at radius 1 is 1.24 bits per heavy atom. The van der Waals surface area contributed by atoms with Gasteiger partial charge in [0, 0.05) is 27.8 Å². The summed E-state index contributed by atoms with van der Waals surface area (Å²) < 4.78 is 6.03. The Hall–Kier alpha value is -1.32. The highest BCUT2D eigenvalue weighted by atomic mass is 32.1. The van der Waals surface area contributed by atoms with Crippen molar-refractivity contribution < 1.29 is 4.74 Å². The first-order chi connectivity index (χ1) is 8.24. The number of para-hydroxylation sites is 1. The predicted molar refractivity (Wildman–Crippen MR) is 70.4 cm³/mol. The minimum Gasteiger partial charge on any atom is -0.484 e. The van der Waals surface area contributed by atoms with Gasteiger partial charge >= 0.3 is 0 Å². The van der Waals surface area contributed by atoms with Crippen LogP contribution >= 0.6 is 11.3 Å². The van der Waals surface area contributed by atoms with Crippen LogP contribution in [0.25, 0.3) is 0 Å². The van der Waals surface area contributed by atoms with E-state index in [1.807, 2.05) is 18.2 Å². The van der Waals surface area contributed by atoms with E-state index in [1.165, 1.54) is 9.75 Å². The number of fused-ring (bicyclic) bond motifs is 1. The van der Waals surface area contributed by atoms with E-state index in [1.54, 1.807) is 11.3 Å². The molecule has 3 rings (SSSR count). The summed E-state index contributed by atoms with van der Waals surface area (Å²) in [5.74, 6) is 0.933. The lowest BCUT2D eigenvalue weighted by Crippen LogP contribution is -2.23. The second-order valence-electron chi connectivity index (χ2n) is 4.43. The summed E-state index contributed by atoms with van der Waals surface area (Å²) in [6.45, 7) is 2.12. The molecule has 0 fully saturated rings. The number of hydrogen-bond donors (Lipinski definition) is 1. The van der Waals surface area contributed by atoms with Gasteiger partial charge in [-0.1, -0.05) is 18.2 Å². The molecule has 0 bridgehead atoms. The van der Waals surface area contributed by atoms with Crippen LogP contribution in [0.1, 0.15) is 33.9 Å². The number of benzene rings is 1. The lowest BCUT2D eigenvalue weighted by atomic mass is 9.97. The fraction of sp³-hybridized carbons (Fsp3) is 0.286. The van der Waals surface area contributed by atoms with Crippen LogP contribution in [0, 0.1) is 6.92 Å². The third kappa shape index (κ3) is 1.96. The third-order valence-corrected chi connectivity index (χ3v) is 4.23. The molecule has 1 aromatic heterocycles. The van der Waals surface area contributed by atoms with Crippen molar-refractivity contribution in [1.29, 1.82) is 0 Å². The first-order valence-corrected chi connectivity index (χ1v) is 6.63. The van der Waals surface area contributed by atoms with Gasteiger partial charge in [0.2, 0.25) is 0 Å². The van der Waals surface area contributed by atoms with Crippen molar-refractivity contribution in [1.82, 2.24) is 0 Å². The normalized spacial score (nSPS) is 22.9. The Kier molecular flexibility index (Phi) is 2.65. The molecule has 2 atom stereocenters. The van der Waals surface area contributed by atoms with E-state index < -0.39 is 0 Å². The van der Waals surface area contributed by atoms with Crippen molar-refractivity contribution in [2.24, 2.45) is 5.73 Å². The SMILES string of the molecule is Cc1ccc(C2CC(N)c3ccccc3O2)s1. The van der Waals surface area contributed by atoms with Crippen LogP contribution < -0.4 is 10.5 Å². The quantitative estimate of drug-likeness (QED) is 0.833. The van der Waals surface area contributed by atoms with E-state index in [9.17, 15) is 0 Å². The first kappa shape index (κ1) is 10.8. The number of rotatable bonds is 1. The summed E-state index contributed by atoms with van der Waals surface area (Å²) in [6.07, 6.45) is 0.968. The van der Waals surface area contributed by atoms with Crippen molar-refractivity contribution in [3.8, 4) is 5.75 Å². The van der Waals surface area contributed by atoms with Crippen molar-refractivity contribution in [3.63, 3.8) is 0 Å². The molecule has 0 aliphatic carbocycles. The van der Waals surface area contributed by atoms with Gasteiger partial charge in [0.1, 0.15) is 11.9 Å². The molecule has 3 heteroatoms. The van der Waals surface area contributed by atoms with Crippen molar-refractivity contribution >= 4 is 11.3 Å². The smallest absolute Gasteiger partial charge is 0.135 e. The topological polar surface area (TPSA) is 35.2 Å². The van der Waals surface area contributed by atoms with Crippen LogP contribution in [0.3, 0.4) is 0 Å². The van der Waals surface area contributed by atoms with E-state index in [2.05, 4.69) is 25.1 Å². The van der Waals surface area contributed by atoms with Gasteiger partial charge in [0.25, 0.3) is 0 Å². The molecule has 2 aromatic rings. The Morgan fingerprint density at radius 3 is 2.82 bits per heavy atom. The Morgan fingerprint density at radius 2 is 2.06 bits per heavy atom. The molecule has 1 aliphatic rings. The second kappa shape index (κ2) is 4.17. The second-order valence-corrected chi connectivity index (χ2v) is 5.75. The first-order valence-electron chi connectivity index (χ1n) is 5.81. The summed E-state index contributed by atoms with van der Waals surface area (Å²) in [4.78, 5) is 2.59. The number of nitrogens with two attached hydrogens (primary N) is 1. The number of aryl methyl sites for hydroxylation is 1. The predicted octanol–water partition coefficient (Wildman–Crippen LogP) is 3.58. The zero-order chi connectivity index (χ0) is 11.8. The molecular weight excluding hydrogens is 230 g/mol. The molecule has 2 heterocycles. The van der Waals surface area contributed by atoms with Crippen LogP contribution in [0.15, 0.2) is 36.4 Å². The van der Waals surface area contributed by atoms with E-state index in [0.29, 0.717) is 0 Å². The van der Waals surface area contributed by atoms with E-state index in [4.69, 9.17) is 10.5 Å². The molecular formula is C14H15NOS. The van der Waals surface area contributed by atoms with Gasteiger partial charge in [-0.2, -0.15) is 0 Å².